The summed E-state index contributed by atoms with van der Waals surface area (Å²) in [7, 11) is -6.00. The number of alkyl halides is 3. The zero-order valence-corrected chi connectivity index (χ0v) is 10.4. The summed E-state index contributed by atoms with van der Waals surface area (Å²) in [6.07, 6.45) is -4.83. The maximum atomic E-state index is 11.8. The molecule has 0 heterocycles. The predicted octanol–water partition coefficient (Wildman–Crippen LogP) is 5.68. The zero-order chi connectivity index (χ0) is 16.1. The van der Waals surface area contributed by atoms with Crippen LogP contribution >= 0.6 is 23.2 Å². The molecule has 13 heteroatoms. The molecule has 1 rings (SSSR count). The Morgan fingerprint density at radius 3 is 1.65 bits per heavy atom. The van der Waals surface area contributed by atoms with Gasteiger partial charge in [0.1, 0.15) is 15.8 Å². The lowest BCUT2D eigenvalue weighted by atomic mass is 10.3. The van der Waals surface area contributed by atoms with Gasteiger partial charge in [0.2, 0.25) is 5.39 Å². The Hall–Kier alpha value is -1.41. The highest BCUT2D eigenvalue weighted by Gasteiger charge is 2.32. The van der Waals surface area contributed by atoms with Crippen molar-refractivity contribution in [3.63, 3.8) is 0 Å². The van der Waals surface area contributed by atoms with Gasteiger partial charge in [-0.15, -0.1) is 13.2 Å². The molecule has 0 saturated heterocycles. The standard InChI is InChI=1S/C7H2Cl2F3N2O.BF4/c8-4-1-3(15-7(10,11)12)2-5(9)6(4)14-13;2-1(3,4)5/h1-2H;/q+1;-1. The van der Waals surface area contributed by atoms with E-state index < -0.39 is 19.4 Å². The van der Waals surface area contributed by atoms with Gasteiger partial charge in [0.05, 0.1) is 0 Å². The highest BCUT2D eigenvalue weighted by atomic mass is 35.5. The number of hydrogen-bond donors (Lipinski definition) is 0. The van der Waals surface area contributed by atoms with Gasteiger partial charge in [-0.2, -0.15) is 0 Å². The largest absolute Gasteiger partial charge is 0.673 e. The third-order valence-electron chi connectivity index (χ3n) is 1.32. The normalized spacial score (nSPS) is 11.2. The Morgan fingerprint density at radius 2 is 1.40 bits per heavy atom. The van der Waals surface area contributed by atoms with E-state index in [2.05, 4.69) is 9.71 Å². The van der Waals surface area contributed by atoms with Crippen LogP contribution in [0.2, 0.25) is 10.0 Å². The van der Waals surface area contributed by atoms with Crippen molar-refractivity contribution in [2.75, 3.05) is 0 Å². The molecule has 0 spiro atoms. The van der Waals surface area contributed by atoms with Crippen LogP contribution in [-0.4, -0.2) is 13.6 Å². The zero-order valence-electron chi connectivity index (χ0n) is 8.94. The molecule has 0 amide bonds. The first kappa shape index (κ1) is 18.6. The molecule has 0 aliphatic heterocycles. The van der Waals surface area contributed by atoms with Gasteiger partial charge in [-0.3, -0.25) is 0 Å². The van der Waals surface area contributed by atoms with Crippen LogP contribution in [0.4, 0.5) is 36.1 Å². The Bertz CT molecular complexity index is 484. The maximum Gasteiger partial charge on any atom is 0.673 e. The average molecular weight is 345 g/mol. The summed E-state index contributed by atoms with van der Waals surface area (Å²) in [5.41, 5.74) is -0.215. The minimum Gasteiger partial charge on any atom is -0.418 e. The van der Waals surface area contributed by atoms with Gasteiger partial charge in [0.25, 0.3) is 0 Å². The highest BCUT2D eigenvalue weighted by Crippen LogP contribution is 2.38. The molecule has 0 unspecified atom stereocenters. The van der Waals surface area contributed by atoms with Gasteiger partial charge in [0, 0.05) is 12.1 Å². The van der Waals surface area contributed by atoms with Crippen LogP contribution in [0, 0.1) is 5.39 Å². The number of rotatable bonds is 1. The summed E-state index contributed by atoms with van der Waals surface area (Å²) in [5.74, 6) is -0.579. The Kier molecular flexibility index (Phi) is 6.37. The molecule has 0 bridgehead atoms. The fourth-order valence-electron chi connectivity index (χ4n) is 0.830. The summed E-state index contributed by atoms with van der Waals surface area (Å²) < 4.78 is 78.0. The fraction of sp³-hybridized carbons (Fsp3) is 0.143. The van der Waals surface area contributed by atoms with E-state index in [9.17, 15) is 30.4 Å². The summed E-state index contributed by atoms with van der Waals surface area (Å²) in [6, 6.07) is 1.69. The molecule has 0 aliphatic rings. The van der Waals surface area contributed by atoms with Crippen molar-refractivity contribution < 1.29 is 35.2 Å². The molecule has 0 N–H and O–H groups in total. The number of ether oxygens (including phenoxy) is 1. The van der Waals surface area contributed by atoms with Crippen LogP contribution in [0.3, 0.4) is 0 Å². The van der Waals surface area contributed by atoms with Crippen LogP contribution in [0.1, 0.15) is 0 Å². The molecule has 3 nitrogen and oxygen atoms in total. The summed E-state index contributed by atoms with van der Waals surface area (Å²) in [5, 5.41) is 7.92. The second kappa shape index (κ2) is 6.85. The van der Waals surface area contributed by atoms with E-state index in [1.165, 1.54) is 0 Å². The summed E-state index contributed by atoms with van der Waals surface area (Å²) in [4.78, 5) is 2.71. The van der Waals surface area contributed by atoms with Crippen molar-refractivity contribution in [2.24, 2.45) is 0 Å². The Labute approximate surface area is 116 Å². The van der Waals surface area contributed by atoms with E-state index >= 15 is 0 Å². The van der Waals surface area contributed by atoms with Crippen LogP contribution in [0.25, 0.3) is 4.98 Å². The van der Waals surface area contributed by atoms with Crippen molar-refractivity contribution in [3.8, 4) is 5.75 Å². The van der Waals surface area contributed by atoms with Crippen LogP contribution < -0.4 is 4.74 Å². The van der Waals surface area contributed by atoms with Gasteiger partial charge in [-0.1, -0.05) is 23.2 Å². The smallest absolute Gasteiger partial charge is 0.418 e. The van der Waals surface area contributed by atoms with Crippen LogP contribution in [0.5, 0.6) is 5.75 Å². The number of diazo groups is 1. The van der Waals surface area contributed by atoms with E-state index in [0.29, 0.717) is 0 Å². The average Bonchev–Trinajstić information content (AvgIpc) is 2.10. The molecule has 1 aromatic carbocycles. The molecule has 1 aromatic rings. The number of nitrogens with zero attached hydrogens (tertiary/aromatic N) is 2. The van der Waals surface area contributed by atoms with Gasteiger partial charge < -0.3 is 22.0 Å². The molecule has 20 heavy (non-hydrogen) atoms. The predicted molar refractivity (Wildman–Crippen MR) is 58.1 cm³/mol. The van der Waals surface area contributed by atoms with Crippen molar-refractivity contribution in [1.29, 1.82) is 5.39 Å². The first-order chi connectivity index (χ1) is 8.83. The minimum absolute atomic E-state index is 0.215. The van der Waals surface area contributed by atoms with E-state index in [-0.39, 0.29) is 15.7 Å². The van der Waals surface area contributed by atoms with E-state index in [1.807, 2.05) is 0 Å². The summed E-state index contributed by atoms with van der Waals surface area (Å²) >= 11 is 11.0. The molecule has 0 atom stereocenters. The van der Waals surface area contributed by atoms with Crippen LogP contribution in [0.15, 0.2) is 12.1 Å². The van der Waals surface area contributed by atoms with Crippen molar-refractivity contribution >= 4 is 36.1 Å². The van der Waals surface area contributed by atoms with Gasteiger partial charge >= 0.3 is 19.3 Å². The molecule has 0 fully saturated rings. The second-order valence-corrected chi connectivity index (χ2v) is 3.69. The lowest BCUT2D eigenvalue weighted by Gasteiger charge is -2.08. The van der Waals surface area contributed by atoms with E-state index in [4.69, 9.17) is 28.6 Å². The molecule has 0 aliphatic carbocycles. The first-order valence-electron chi connectivity index (χ1n) is 4.30. The molecule has 0 radical (unpaired) electrons. The van der Waals surface area contributed by atoms with E-state index in [0.717, 1.165) is 12.1 Å². The maximum absolute atomic E-state index is 11.8. The number of halogens is 9. The lowest BCUT2D eigenvalue weighted by Crippen LogP contribution is -2.17. The number of benzene rings is 1. The fourth-order valence-corrected chi connectivity index (χ4v) is 1.37. The molecular formula is C7H2BCl2F7N2O. The van der Waals surface area contributed by atoms with Gasteiger partial charge in [-0.25, -0.2) is 0 Å². The second-order valence-electron chi connectivity index (χ2n) is 2.88. The highest BCUT2D eigenvalue weighted by molar-refractivity contribution is 6.50. The number of hydrogen-bond acceptors (Lipinski definition) is 2. The van der Waals surface area contributed by atoms with Crippen molar-refractivity contribution in [3.05, 3.63) is 27.2 Å². The molecular weight excluding hydrogens is 343 g/mol. The first-order valence-corrected chi connectivity index (χ1v) is 5.06. The quantitative estimate of drug-likeness (QED) is 0.373. The monoisotopic (exact) mass is 344 g/mol. The molecule has 112 valence electrons. The van der Waals surface area contributed by atoms with Crippen molar-refractivity contribution in [1.82, 2.24) is 0 Å². The van der Waals surface area contributed by atoms with Gasteiger partial charge in [-0.05, 0) is 0 Å². The third kappa shape index (κ3) is 8.65. The van der Waals surface area contributed by atoms with Crippen LogP contribution in [-0.2, 0) is 0 Å². The summed E-state index contributed by atoms with van der Waals surface area (Å²) in [6.45, 7) is 0. The van der Waals surface area contributed by atoms with Gasteiger partial charge in [0.15, 0.2) is 4.98 Å². The Morgan fingerprint density at radius 1 is 1.05 bits per heavy atom. The SMILES string of the molecule is F[B-](F)(F)F.N#[N+]c1c(Cl)cc(OC(F)(F)F)cc1Cl. The molecule has 0 aromatic heterocycles. The minimum atomic E-state index is -6.00. The third-order valence-corrected chi connectivity index (χ3v) is 1.90. The van der Waals surface area contributed by atoms with Crippen molar-refractivity contribution in [2.45, 2.75) is 6.36 Å². The van der Waals surface area contributed by atoms with E-state index in [1.54, 1.807) is 0 Å². The topological polar surface area (TPSA) is 37.4 Å². The molecule has 0 saturated carbocycles. The lowest BCUT2D eigenvalue weighted by molar-refractivity contribution is -0.274. The Balaban J connectivity index is 0.000000621.